The summed E-state index contributed by atoms with van der Waals surface area (Å²) in [6.07, 6.45) is 5.00. The van der Waals surface area contributed by atoms with Crippen molar-refractivity contribution in [3.8, 4) is 0 Å². The second-order valence-corrected chi connectivity index (χ2v) is 7.25. The minimum atomic E-state index is -0.705. The molecule has 21 heavy (non-hydrogen) atoms. The Morgan fingerprint density at radius 1 is 1.52 bits per heavy atom. The van der Waals surface area contributed by atoms with Crippen LogP contribution in [0.1, 0.15) is 44.6 Å². The van der Waals surface area contributed by atoms with Gasteiger partial charge in [-0.3, -0.25) is 4.79 Å². The number of benzene rings is 1. The molecular formula is C17H24BrNO2. The molecule has 0 bridgehead atoms. The second-order valence-electron chi connectivity index (χ2n) is 6.33. The van der Waals surface area contributed by atoms with E-state index in [9.17, 15) is 9.90 Å². The predicted molar refractivity (Wildman–Crippen MR) is 88.1 cm³/mol. The molecule has 0 aromatic heterocycles. The summed E-state index contributed by atoms with van der Waals surface area (Å²) in [4.78, 5) is 11.9. The van der Waals surface area contributed by atoms with Crippen LogP contribution in [0.25, 0.3) is 0 Å². The number of hydrogen-bond donors (Lipinski definition) is 2. The van der Waals surface area contributed by atoms with Gasteiger partial charge in [0.25, 0.3) is 0 Å². The average molecular weight is 354 g/mol. The molecule has 0 radical (unpaired) electrons. The summed E-state index contributed by atoms with van der Waals surface area (Å²) in [5.41, 5.74) is 0.438. The third-order valence-electron chi connectivity index (χ3n) is 4.21. The minimum Gasteiger partial charge on any atom is -0.388 e. The summed E-state index contributed by atoms with van der Waals surface area (Å²) in [5.74, 6) is 0.559. The predicted octanol–water partition coefficient (Wildman–Crippen LogP) is 3.44. The van der Waals surface area contributed by atoms with Gasteiger partial charge in [-0.2, -0.15) is 0 Å². The molecule has 0 heterocycles. The molecule has 4 heteroatoms. The van der Waals surface area contributed by atoms with Gasteiger partial charge in [0.05, 0.1) is 5.60 Å². The maximum atomic E-state index is 11.9. The lowest BCUT2D eigenvalue weighted by atomic mass is 9.79. The molecule has 1 amide bonds. The molecule has 1 saturated carbocycles. The molecule has 116 valence electrons. The summed E-state index contributed by atoms with van der Waals surface area (Å²) in [6, 6.07) is 8.00. The van der Waals surface area contributed by atoms with Crippen LogP contribution in [0.4, 0.5) is 0 Å². The fourth-order valence-electron chi connectivity index (χ4n) is 3.09. The van der Waals surface area contributed by atoms with Gasteiger partial charge < -0.3 is 10.4 Å². The van der Waals surface area contributed by atoms with E-state index in [1.165, 1.54) is 6.42 Å². The van der Waals surface area contributed by atoms with Crippen LogP contribution in [0, 0.1) is 5.92 Å². The van der Waals surface area contributed by atoms with E-state index >= 15 is 0 Å². The molecule has 2 rings (SSSR count). The number of hydrogen-bond acceptors (Lipinski definition) is 2. The van der Waals surface area contributed by atoms with E-state index in [1.807, 2.05) is 24.3 Å². The molecule has 0 aliphatic heterocycles. The maximum absolute atomic E-state index is 11.9. The summed E-state index contributed by atoms with van der Waals surface area (Å²) < 4.78 is 1.03. The highest BCUT2D eigenvalue weighted by atomic mass is 79.9. The van der Waals surface area contributed by atoms with Gasteiger partial charge in [-0.1, -0.05) is 47.8 Å². The second kappa shape index (κ2) is 7.41. The molecule has 1 aromatic rings. The van der Waals surface area contributed by atoms with Crippen LogP contribution >= 0.6 is 15.9 Å². The maximum Gasteiger partial charge on any atom is 0.220 e. The van der Waals surface area contributed by atoms with Crippen molar-refractivity contribution in [2.45, 2.75) is 51.0 Å². The molecule has 2 atom stereocenters. The van der Waals surface area contributed by atoms with Crippen molar-refractivity contribution in [2.24, 2.45) is 5.92 Å². The Balaban J connectivity index is 1.74. The van der Waals surface area contributed by atoms with Crippen molar-refractivity contribution in [1.29, 1.82) is 0 Å². The highest BCUT2D eigenvalue weighted by Gasteiger charge is 2.32. The SMILES string of the molecule is CC1CCCC(O)(CNC(=O)CCc2cccc(Br)c2)C1. The van der Waals surface area contributed by atoms with Gasteiger partial charge in [0.2, 0.25) is 5.91 Å². The first-order valence-electron chi connectivity index (χ1n) is 7.70. The van der Waals surface area contributed by atoms with Gasteiger partial charge in [-0.25, -0.2) is 0 Å². The van der Waals surface area contributed by atoms with Crippen molar-refractivity contribution < 1.29 is 9.90 Å². The van der Waals surface area contributed by atoms with Crippen molar-refractivity contribution in [2.75, 3.05) is 6.54 Å². The number of carbonyl (C=O) groups excluding carboxylic acids is 1. The third-order valence-corrected chi connectivity index (χ3v) is 4.71. The first-order chi connectivity index (χ1) is 9.97. The Morgan fingerprint density at radius 3 is 3.05 bits per heavy atom. The number of rotatable bonds is 5. The average Bonchev–Trinajstić information content (AvgIpc) is 2.43. The van der Waals surface area contributed by atoms with Gasteiger partial charge in [0, 0.05) is 17.4 Å². The Labute approximate surface area is 135 Å². The Hall–Kier alpha value is -0.870. The number of amides is 1. The van der Waals surface area contributed by atoms with Crippen LogP contribution in [0.2, 0.25) is 0 Å². The van der Waals surface area contributed by atoms with Gasteiger partial charge >= 0.3 is 0 Å². The number of nitrogens with one attached hydrogen (secondary N) is 1. The number of aryl methyl sites for hydroxylation is 1. The van der Waals surface area contributed by atoms with E-state index in [2.05, 4.69) is 28.2 Å². The van der Waals surface area contributed by atoms with E-state index in [0.29, 0.717) is 18.9 Å². The van der Waals surface area contributed by atoms with E-state index in [0.717, 1.165) is 35.7 Å². The lowest BCUT2D eigenvalue weighted by Crippen LogP contribution is -2.45. The van der Waals surface area contributed by atoms with E-state index < -0.39 is 5.60 Å². The monoisotopic (exact) mass is 353 g/mol. The third kappa shape index (κ3) is 5.44. The number of carbonyl (C=O) groups is 1. The molecule has 1 aliphatic carbocycles. The Kier molecular flexibility index (Phi) is 5.82. The Morgan fingerprint density at radius 2 is 2.33 bits per heavy atom. The normalized spacial score (nSPS) is 25.6. The van der Waals surface area contributed by atoms with Crippen LogP contribution in [-0.2, 0) is 11.2 Å². The number of halogens is 1. The minimum absolute atomic E-state index is 0.0154. The zero-order valence-electron chi connectivity index (χ0n) is 12.6. The van der Waals surface area contributed by atoms with Crippen molar-refractivity contribution in [3.63, 3.8) is 0 Å². The van der Waals surface area contributed by atoms with Crippen LogP contribution in [0.3, 0.4) is 0 Å². The van der Waals surface area contributed by atoms with Crippen LogP contribution in [0.5, 0.6) is 0 Å². The van der Waals surface area contributed by atoms with E-state index in [1.54, 1.807) is 0 Å². The first-order valence-corrected chi connectivity index (χ1v) is 8.50. The lowest BCUT2D eigenvalue weighted by Gasteiger charge is -2.35. The first kappa shape index (κ1) is 16.5. The molecular weight excluding hydrogens is 330 g/mol. The zero-order valence-corrected chi connectivity index (χ0v) is 14.2. The van der Waals surface area contributed by atoms with Crippen molar-refractivity contribution in [1.82, 2.24) is 5.32 Å². The summed E-state index contributed by atoms with van der Waals surface area (Å²) in [5, 5.41) is 13.4. The fraction of sp³-hybridized carbons (Fsp3) is 0.588. The molecule has 0 saturated heterocycles. The Bertz CT molecular complexity index is 491. The summed E-state index contributed by atoms with van der Waals surface area (Å²) in [6.45, 7) is 2.55. The largest absolute Gasteiger partial charge is 0.388 e. The molecule has 1 aromatic carbocycles. The topological polar surface area (TPSA) is 49.3 Å². The van der Waals surface area contributed by atoms with Gasteiger partial charge in [-0.15, -0.1) is 0 Å². The molecule has 1 fully saturated rings. The van der Waals surface area contributed by atoms with E-state index in [4.69, 9.17) is 0 Å². The lowest BCUT2D eigenvalue weighted by molar-refractivity contribution is -0.122. The van der Waals surface area contributed by atoms with Gasteiger partial charge in [0.1, 0.15) is 0 Å². The summed E-state index contributed by atoms with van der Waals surface area (Å²) in [7, 11) is 0. The van der Waals surface area contributed by atoms with Crippen molar-refractivity contribution >= 4 is 21.8 Å². The van der Waals surface area contributed by atoms with Crippen LogP contribution < -0.4 is 5.32 Å². The zero-order chi connectivity index (χ0) is 15.3. The summed E-state index contributed by atoms with van der Waals surface area (Å²) >= 11 is 3.43. The fourth-order valence-corrected chi connectivity index (χ4v) is 3.54. The highest BCUT2D eigenvalue weighted by molar-refractivity contribution is 9.10. The van der Waals surface area contributed by atoms with Crippen LogP contribution in [0.15, 0.2) is 28.7 Å². The standard InChI is InChI=1S/C17H24BrNO2/c1-13-4-3-9-17(21,11-13)12-19-16(20)8-7-14-5-2-6-15(18)10-14/h2,5-6,10,13,21H,3-4,7-9,11-12H2,1H3,(H,19,20). The molecule has 1 aliphatic rings. The quantitative estimate of drug-likeness (QED) is 0.851. The van der Waals surface area contributed by atoms with Crippen molar-refractivity contribution in [3.05, 3.63) is 34.3 Å². The highest BCUT2D eigenvalue weighted by Crippen LogP contribution is 2.31. The van der Waals surface area contributed by atoms with E-state index in [-0.39, 0.29) is 5.91 Å². The van der Waals surface area contributed by atoms with Gasteiger partial charge in [0.15, 0.2) is 0 Å². The molecule has 0 spiro atoms. The molecule has 2 unspecified atom stereocenters. The number of aliphatic hydroxyl groups is 1. The van der Waals surface area contributed by atoms with Crippen LogP contribution in [-0.4, -0.2) is 23.2 Å². The molecule has 3 nitrogen and oxygen atoms in total. The molecule has 2 N–H and O–H groups in total. The smallest absolute Gasteiger partial charge is 0.220 e. The van der Waals surface area contributed by atoms with Gasteiger partial charge in [-0.05, 0) is 42.9 Å².